The molecule has 0 aliphatic rings. The van der Waals surface area contributed by atoms with Crippen LogP contribution in [0.2, 0.25) is 0 Å². The van der Waals surface area contributed by atoms with Gasteiger partial charge in [0, 0.05) is 6.04 Å². The predicted molar refractivity (Wildman–Crippen MR) is 67.1 cm³/mol. The zero-order chi connectivity index (χ0) is 11.3. The minimum atomic E-state index is 0.501. The molecular formula is C14H23N. The highest BCUT2D eigenvalue weighted by Gasteiger charge is 2.19. The third kappa shape index (κ3) is 2.82. The van der Waals surface area contributed by atoms with Crippen molar-refractivity contribution in [1.29, 1.82) is 0 Å². The van der Waals surface area contributed by atoms with E-state index in [0.717, 1.165) is 5.92 Å². The second kappa shape index (κ2) is 5.92. The Morgan fingerprint density at radius 3 is 2.20 bits per heavy atom. The number of nitrogens with one attached hydrogen (secondary N) is 1. The summed E-state index contributed by atoms with van der Waals surface area (Å²) in [5, 5.41) is 3.46. The van der Waals surface area contributed by atoms with Crippen LogP contribution in [0.4, 0.5) is 0 Å². The Bertz CT molecular complexity index is 289. The first-order valence-electron chi connectivity index (χ1n) is 5.97. The Balaban J connectivity index is 2.96. The average Bonchev–Trinajstić information content (AvgIpc) is 2.27. The highest BCUT2D eigenvalue weighted by atomic mass is 14.9. The van der Waals surface area contributed by atoms with Gasteiger partial charge < -0.3 is 5.32 Å². The van der Waals surface area contributed by atoms with Gasteiger partial charge in [-0.15, -0.1) is 0 Å². The number of hydrogen-bond acceptors (Lipinski definition) is 1. The summed E-state index contributed by atoms with van der Waals surface area (Å²) in [6.07, 6.45) is 2.46. The lowest BCUT2D eigenvalue weighted by atomic mass is 9.87. The molecule has 0 aromatic heterocycles. The number of rotatable bonds is 5. The molecule has 1 aromatic rings. The van der Waals surface area contributed by atoms with Crippen molar-refractivity contribution >= 4 is 0 Å². The summed E-state index contributed by atoms with van der Waals surface area (Å²) in [5.74, 6) is 0.732. The molecule has 0 saturated heterocycles. The lowest BCUT2D eigenvalue weighted by Crippen LogP contribution is -2.25. The first-order valence-corrected chi connectivity index (χ1v) is 5.97. The van der Waals surface area contributed by atoms with Crippen molar-refractivity contribution in [3.63, 3.8) is 0 Å². The molecule has 84 valence electrons. The predicted octanol–water partition coefficient (Wildman–Crippen LogP) is 3.69. The highest BCUT2D eigenvalue weighted by Crippen LogP contribution is 2.28. The van der Waals surface area contributed by atoms with E-state index in [-0.39, 0.29) is 0 Å². The van der Waals surface area contributed by atoms with Gasteiger partial charge in [0.15, 0.2) is 0 Å². The maximum atomic E-state index is 3.46. The van der Waals surface area contributed by atoms with Crippen LogP contribution in [0, 0.1) is 12.8 Å². The van der Waals surface area contributed by atoms with Gasteiger partial charge in [0.1, 0.15) is 0 Å². The Hall–Kier alpha value is -0.820. The molecule has 1 unspecified atom stereocenters. The van der Waals surface area contributed by atoms with Gasteiger partial charge in [-0.2, -0.15) is 0 Å². The lowest BCUT2D eigenvalue weighted by Gasteiger charge is -2.26. The molecule has 0 heterocycles. The summed E-state index contributed by atoms with van der Waals surface area (Å²) in [6.45, 7) is 6.75. The van der Waals surface area contributed by atoms with E-state index in [1.54, 1.807) is 0 Å². The van der Waals surface area contributed by atoms with E-state index in [1.165, 1.54) is 24.0 Å². The Kier molecular flexibility index (Phi) is 4.83. The molecule has 1 N–H and O–H groups in total. The maximum absolute atomic E-state index is 3.46. The van der Waals surface area contributed by atoms with Crippen molar-refractivity contribution in [2.24, 2.45) is 5.92 Å². The summed E-state index contributed by atoms with van der Waals surface area (Å²) in [5.41, 5.74) is 2.84. The summed E-state index contributed by atoms with van der Waals surface area (Å²) < 4.78 is 0. The molecule has 0 aliphatic carbocycles. The molecule has 0 saturated carbocycles. The van der Waals surface area contributed by atoms with Crippen molar-refractivity contribution in [3.8, 4) is 0 Å². The van der Waals surface area contributed by atoms with E-state index in [9.17, 15) is 0 Å². The molecule has 0 bridgehead atoms. The normalized spacial score (nSPS) is 13.1. The largest absolute Gasteiger partial charge is 0.313 e. The zero-order valence-corrected chi connectivity index (χ0v) is 10.4. The molecule has 0 radical (unpaired) electrons. The monoisotopic (exact) mass is 205 g/mol. The van der Waals surface area contributed by atoms with Crippen LogP contribution in [0.15, 0.2) is 24.3 Å². The van der Waals surface area contributed by atoms with Gasteiger partial charge in [-0.1, -0.05) is 51.0 Å². The fraction of sp³-hybridized carbons (Fsp3) is 0.571. The van der Waals surface area contributed by atoms with Gasteiger partial charge in [0.25, 0.3) is 0 Å². The van der Waals surface area contributed by atoms with Gasteiger partial charge in [-0.05, 0) is 31.0 Å². The van der Waals surface area contributed by atoms with E-state index < -0.39 is 0 Å². The topological polar surface area (TPSA) is 12.0 Å². The Morgan fingerprint density at radius 2 is 1.73 bits per heavy atom. The van der Waals surface area contributed by atoms with Crippen LogP contribution >= 0.6 is 0 Å². The summed E-state index contributed by atoms with van der Waals surface area (Å²) in [7, 11) is 2.06. The number of hydrogen-bond donors (Lipinski definition) is 1. The first-order chi connectivity index (χ1) is 7.24. The molecule has 0 spiro atoms. The fourth-order valence-corrected chi connectivity index (χ4v) is 2.34. The van der Waals surface area contributed by atoms with E-state index in [0.29, 0.717) is 6.04 Å². The zero-order valence-electron chi connectivity index (χ0n) is 10.4. The third-order valence-corrected chi connectivity index (χ3v) is 3.35. The number of benzene rings is 1. The van der Waals surface area contributed by atoms with Crippen molar-refractivity contribution in [1.82, 2.24) is 5.32 Å². The highest BCUT2D eigenvalue weighted by molar-refractivity contribution is 5.29. The SMILES string of the molecule is CCC(CC)C(NC)c1ccccc1C. The first kappa shape index (κ1) is 12.3. The van der Waals surface area contributed by atoms with Gasteiger partial charge in [-0.3, -0.25) is 0 Å². The van der Waals surface area contributed by atoms with Crippen molar-refractivity contribution in [2.45, 2.75) is 39.7 Å². The van der Waals surface area contributed by atoms with E-state index in [1.807, 2.05) is 0 Å². The van der Waals surface area contributed by atoms with Gasteiger partial charge in [0.05, 0.1) is 0 Å². The Morgan fingerprint density at radius 1 is 1.13 bits per heavy atom. The molecule has 1 rings (SSSR count). The molecule has 1 nitrogen and oxygen atoms in total. The summed E-state index contributed by atoms with van der Waals surface area (Å²) in [6, 6.07) is 9.19. The average molecular weight is 205 g/mol. The van der Waals surface area contributed by atoms with Crippen LogP contribution in [0.5, 0.6) is 0 Å². The molecule has 0 fully saturated rings. The molecule has 0 aliphatic heterocycles. The summed E-state index contributed by atoms with van der Waals surface area (Å²) >= 11 is 0. The van der Waals surface area contributed by atoms with Gasteiger partial charge >= 0.3 is 0 Å². The molecule has 1 atom stereocenters. The smallest absolute Gasteiger partial charge is 0.0348 e. The second-order valence-electron chi connectivity index (χ2n) is 4.20. The second-order valence-corrected chi connectivity index (χ2v) is 4.20. The minimum Gasteiger partial charge on any atom is -0.313 e. The van der Waals surface area contributed by atoms with Crippen molar-refractivity contribution in [3.05, 3.63) is 35.4 Å². The van der Waals surface area contributed by atoms with Gasteiger partial charge in [0.2, 0.25) is 0 Å². The van der Waals surface area contributed by atoms with Crippen LogP contribution in [-0.2, 0) is 0 Å². The van der Waals surface area contributed by atoms with Crippen LogP contribution in [0.3, 0.4) is 0 Å². The molecule has 15 heavy (non-hydrogen) atoms. The third-order valence-electron chi connectivity index (χ3n) is 3.35. The Labute approximate surface area is 93.9 Å². The summed E-state index contributed by atoms with van der Waals surface area (Å²) in [4.78, 5) is 0. The molecular weight excluding hydrogens is 182 g/mol. The quantitative estimate of drug-likeness (QED) is 0.773. The lowest BCUT2D eigenvalue weighted by molar-refractivity contribution is 0.358. The minimum absolute atomic E-state index is 0.501. The number of aryl methyl sites for hydroxylation is 1. The van der Waals surface area contributed by atoms with Crippen LogP contribution in [0.1, 0.15) is 43.9 Å². The van der Waals surface area contributed by atoms with Crippen LogP contribution in [-0.4, -0.2) is 7.05 Å². The standard InChI is InChI=1S/C14H23N/c1-5-12(6-2)14(15-4)13-10-8-7-9-11(13)3/h7-10,12,14-15H,5-6H2,1-4H3. The van der Waals surface area contributed by atoms with E-state index >= 15 is 0 Å². The molecule has 1 aromatic carbocycles. The van der Waals surface area contributed by atoms with Gasteiger partial charge in [-0.25, -0.2) is 0 Å². The van der Waals surface area contributed by atoms with Crippen LogP contribution in [0.25, 0.3) is 0 Å². The van der Waals surface area contributed by atoms with E-state index in [2.05, 4.69) is 57.4 Å². The van der Waals surface area contributed by atoms with Crippen molar-refractivity contribution < 1.29 is 0 Å². The molecule has 1 heteroatoms. The fourth-order valence-electron chi connectivity index (χ4n) is 2.34. The molecule has 0 amide bonds. The van der Waals surface area contributed by atoms with Crippen molar-refractivity contribution in [2.75, 3.05) is 7.05 Å². The van der Waals surface area contributed by atoms with Crippen LogP contribution < -0.4 is 5.32 Å². The van der Waals surface area contributed by atoms with E-state index in [4.69, 9.17) is 0 Å². The maximum Gasteiger partial charge on any atom is 0.0348 e.